The molecule has 0 aromatic carbocycles. The third-order valence-electron chi connectivity index (χ3n) is 2.23. The monoisotopic (exact) mass is 303 g/mol. The minimum absolute atomic E-state index is 0.0639. The first-order chi connectivity index (χ1) is 8.44. The van der Waals surface area contributed by atoms with Crippen molar-refractivity contribution in [2.45, 2.75) is 59.6 Å². The molecule has 6 heteroatoms. The molecule has 0 aromatic heterocycles. The van der Waals surface area contributed by atoms with Crippen LogP contribution in [0.25, 0.3) is 0 Å². The summed E-state index contributed by atoms with van der Waals surface area (Å²) in [5.41, 5.74) is 0. The Morgan fingerprint density at radius 1 is 1.05 bits per heavy atom. The quantitative estimate of drug-likeness (QED) is 0.427. The topological polar surface area (TPSA) is 47.9 Å². The Balaban J connectivity index is 4.69. The third-order valence-corrected chi connectivity index (χ3v) is 3.89. The smallest absolute Gasteiger partial charge is 0.314 e. The van der Waals surface area contributed by atoms with Crippen molar-refractivity contribution in [3.63, 3.8) is 0 Å². The van der Waals surface area contributed by atoms with Crippen LogP contribution in [0.5, 0.6) is 0 Å². The average molecular weight is 304 g/mol. The number of hydrogen-bond acceptors (Lipinski definition) is 4. The van der Waals surface area contributed by atoms with Crippen molar-refractivity contribution in [1.29, 1.82) is 0 Å². The summed E-state index contributed by atoms with van der Waals surface area (Å²) in [5, 5.41) is 0. The molecule has 0 aliphatic carbocycles. The Labute approximate surface area is 119 Å². The van der Waals surface area contributed by atoms with Gasteiger partial charge in [-0.15, -0.1) is 0 Å². The van der Waals surface area contributed by atoms with Gasteiger partial charge in [-0.05, 0) is 45.7 Å². The fraction of sp³-hybridized carbons (Fsp3) is 0.846. The maximum atomic E-state index is 11.7. The van der Waals surface area contributed by atoms with E-state index in [4.69, 9.17) is 8.85 Å². The Kier molecular flexibility index (Phi) is 7.00. The highest BCUT2D eigenvalue weighted by Gasteiger charge is 2.23. The van der Waals surface area contributed by atoms with E-state index >= 15 is 0 Å². The van der Waals surface area contributed by atoms with Crippen LogP contribution in [0.1, 0.15) is 20.3 Å². The molecular formula is C13H29NO3Si2. The summed E-state index contributed by atoms with van der Waals surface area (Å²) in [6.45, 7) is 16.5. The first-order valence-electron chi connectivity index (χ1n) is 6.90. The zero-order valence-corrected chi connectivity index (χ0v) is 15.7. The van der Waals surface area contributed by atoms with Crippen molar-refractivity contribution < 1.29 is 13.6 Å². The van der Waals surface area contributed by atoms with Gasteiger partial charge in [-0.3, -0.25) is 4.79 Å². The van der Waals surface area contributed by atoms with Crippen LogP contribution >= 0.6 is 0 Å². The predicted octanol–water partition coefficient (Wildman–Crippen LogP) is 3.66. The molecule has 0 spiro atoms. The van der Waals surface area contributed by atoms with Gasteiger partial charge in [0.15, 0.2) is 5.90 Å². The van der Waals surface area contributed by atoms with E-state index in [0.29, 0.717) is 5.90 Å². The molecule has 0 N–H and O–H groups in total. The highest BCUT2D eigenvalue weighted by atomic mass is 28.4. The van der Waals surface area contributed by atoms with Gasteiger partial charge in [-0.1, -0.05) is 13.8 Å². The highest BCUT2D eigenvalue weighted by Crippen LogP contribution is 2.13. The summed E-state index contributed by atoms with van der Waals surface area (Å²) < 4.78 is 11.3. The molecular weight excluding hydrogens is 274 g/mol. The van der Waals surface area contributed by atoms with E-state index in [1.807, 2.05) is 19.6 Å². The van der Waals surface area contributed by atoms with Crippen LogP contribution in [-0.2, 0) is 13.6 Å². The number of carbonyl (C=O) groups excluding carboxylic acids is 1. The molecule has 0 heterocycles. The van der Waals surface area contributed by atoms with E-state index in [9.17, 15) is 4.79 Å². The largest absolute Gasteiger partial charge is 0.534 e. The summed E-state index contributed by atoms with van der Waals surface area (Å²) in [6.07, 6.45) is 0.951. The molecule has 0 saturated carbocycles. The first-order valence-corrected chi connectivity index (χ1v) is 13.7. The normalized spacial score (nSPS) is 15.1. The highest BCUT2D eigenvalue weighted by molar-refractivity contribution is 6.71. The van der Waals surface area contributed by atoms with Crippen molar-refractivity contribution in [2.75, 3.05) is 6.54 Å². The molecule has 0 saturated heterocycles. The van der Waals surface area contributed by atoms with E-state index in [1.165, 1.54) is 0 Å². The summed E-state index contributed by atoms with van der Waals surface area (Å²) in [7, 11) is -3.52. The molecule has 0 bridgehead atoms. The standard InChI is InChI=1S/C13H29NO3Si2/c1-9-11(2)13(17-19(6,7)8)14-10-12(15)16-18(3,4)5/h11H,9-10H2,1-8H3. The second-order valence-corrected chi connectivity index (χ2v) is 15.6. The molecule has 1 atom stereocenters. The summed E-state index contributed by atoms with van der Waals surface area (Å²) >= 11 is 0. The van der Waals surface area contributed by atoms with Crippen molar-refractivity contribution in [3.8, 4) is 0 Å². The van der Waals surface area contributed by atoms with Crippen molar-refractivity contribution in [3.05, 3.63) is 0 Å². The number of aliphatic imine (C=N–C) groups is 1. The van der Waals surface area contributed by atoms with Crippen LogP contribution in [0.4, 0.5) is 0 Å². The number of nitrogens with zero attached hydrogens (tertiary/aromatic N) is 1. The fourth-order valence-corrected chi connectivity index (χ4v) is 2.93. The van der Waals surface area contributed by atoms with Gasteiger partial charge in [-0.25, -0.2) is 4.99 Å². The van der Waals surface area contributed by atoms with Gasteiger partial charge in [0.25, 0.3) is 0 Å². The van der Waals surface area contributed by atoms with Crippen LogP contribution < -0.4 is 0 Å². The molecule has 0 fully saturated rings. The van der Waals surface area contributed by atoms with E-state index in [0.717, 1.165) is 6.42 Å². The van der Waals surface area contributed by atoms with Crippen molar-refractivity contribution in [1.82, 2.24) is 0 Å². The van der Waals surface area contributed by atoms with Crippen LogP contribution in [0.15, 0.2) is 4.99 Å². The lowest BCUT2D eigenvalue weighted by Crippen LogP contribution is -2.34. The van der Waals surface area contributed by atoms with E-state index in [2.05, 4.69) is 38.5 Å². The third kappa shape index (κ3) is 9.89. The Morgan fingerprint density at radius 3 is 1.89 bits per heavy atom. The lowest BCUT2D eigenvalue weighted by Gasteiger charge is -2.24. The van der Waals surface area contributed by atoms with Gasteiger partial charge >= 0.3 is 5.97 Å². The number of carbonyl (C=O) groups is 1. The zero-order valence-electron chi connectivity index (χ0n) is 13.7. The summed E-state index contributed by atoms with van der Waals surface area (Å²) in [6, 6.07) is 0. The van der Waals surface area contributed by atoms with Gasteiger partial charge in [0.1, 0.15) is 6.54 Å². The van der Waals surface area contributed by atoms with Gasteiger partial charge in [0, 0.05) is 5.92 Å². The SMILES string of the molecule is CCC(C)C(=NCC(=O)O[Si](C)(C)C)O[Si](C)(C)C. The summed E-state index contributed by atoms with van der Waals surface area (Å²) in [5.74, 6) is 0.694. The predicted molar refractivity (Wildman–Crippen MR) is 85.6 cm³/mol. The molecule has 0 aliphatic rings. The Bertz CT molecular complexity index is 330. The van der Waals surface area contributed by atoms with Crippen LogP contribution in [-0.4, -0.2) is 35.0 Å². The molecule has 19 heavy (non-hydrogen) atoms. The van der Waals surface area contributed by atoms with E-state index in [-0.39, 0.29) is 18.4 Å². The fourth-order valence-electron chi connectivity index (χ4n) is 1.29. The van der Waals surface area contributed by atoms with Gasteiger partial charge in [0.2, 0.25) is 16.6 Å². The molecule has 0 amide bonds. The molecule has 4 nitrogen and oxygen atoms in total. The second kappa shape index (κ2) is 7.23. The molecule has 0 rings (SSSR count). The van der Waals surface area contributed by atoms with Crippen molar-refractivity contribution >= 4 is 28.5 Å². The lowest BCUT2D eigenvalue weighted by molar-refractivity contribution is -0.133. The first kappa shape index (κ1) is 18.4. The maximum Gasteiger partial charge on any atom is 0.314 e. The van der Waals surface area contributed by atoms with Crippen LogP contribution in [0, 0.1) is 5.92 Å². The average Bonchev–Trinajstić information content (AvgIpc) is 2.19. The molecule has 112 valence electrons. The van der Waals surface area contributed by atoms with Crippen LogP contribution in [0.2, 0.25) is 39.3 Å². The second-order valence-electron chi connectivity index (χ2n) is 6.76. The van der Waals surface area contributed by atoms with Gasteiger partial charge < -0.3 is 8.85 Å². The van der Waals surface area contributed by atoms with Crippen molar-refractivity contribution in [2.24, 2.45) is 10.9 Å². The van der Waals surface area contributed by atoms with Gasteiger partial charge in [0.05, 0.1) is 0 Å². The van der Waals surface area contributed by atoms with Crippen LogP contribution in [0.3, 0.4) is 0 Å². The molecule has 1 unspecified atom stereocenters. The van der Waals surface area contributed by atoms with E-state index < -0.39 is 16.6 Å². The minimum atomic E-state index is -1.83. The number of hydrogen-bond donors (Lipinski definition) is 0. The van der Waals surface area contributed by atoms with E-state index in [1.54, 1.807) is 0 Å². The summed E-state index contributed by atoms with van der Waals surface area (Å²) in [4.78, 5) is 16.0. The maximum absolute atomic E-state index is 11.7. The molecule has 0 radical (unpaired) electrons. The molecule has 0 aromatic rings. The van der Waals surface area contributed by atoms with Gasteiger partial charge in [-0.2, -0.15) is 0 Å². The molecule has 0 aliphatic heterocycles. The number of rotatable bonds is 6. The Morgan fingerprint density at radius 2 is 1.53 bits per heavy atom. The Hall–Kier alpha value is -0.626. The zero-order chi connectivity index (χ0) is 15.3. The lowest BCUT2D eigenvalue weighted by atomic mass is 10.1. The minimum Gasteiger partial charge on any atom is -0.534 e.